The largest absolute Gasteiger partial charge is 0.462 e. The van der Waals surface area contributed by atoms with Gasteiger partial charge in [-0.15, -0.1) is 0 Å². The van der Waals surface area contributed by atoms with Gasteiger partial charge in [-0.05, 0) is 42.5 Å². The van der Waals surface area contributed by atoms with Gasteiger partial charge < -0.3 is 4.74 Å². The number of esters is 1. The molecule has 0 N–H and O–H groups in total. The van der Waals surface area contributed by atoms with Crippen molar-refractivity contribution >= 4 is 5.97 Å². The summed E-state index contributed by atoms with van der Waals surface area (Å²) in [6, 6.07) is 0. The highest BCUT2D eigenvalue weighted by atomic mass is 16.5. The third-order valence-corrected chi connectivity index (χ3v) is 3.46. The maximum Gasteiger partial charge on any atom is 0.311 e. The fourth-order valence-electron chi connectivity index (χ4n) is 2.36. The number of hydrogen-bond donors (Lipinski definition) is 0. The van der Waals surface area contributed by atoms with Gasteiger partial charge in [-0.3, -0.25) is 4.79 Å². The van der Waals surface area contributed by atoms with E-state index in [0.29, 0.717) is 11.3 Å². The molecule has 0 aromatic rings. The lowest BCUT2D eigenvalue weighted by molar-refractivity contribution is -0.149. The van der Waals surface area contributed by atoms with E-state index < -0.39 is 5.97 Å². The van der Waals surface area contributed by atoms with Crippen LogP contribution in [0.15, 0.2) is 5.11 Å². The summed E-state index contributed by atoms with van der Waals surface area (Å²) in [7, 11) is 0. The van der Waals surface area contributed by atoms with Crippen LogP contribution in [0.2, 0.25) is 0 Å². The van der Waals surface area contributed by atoms with Crippen LogP contribution >= 0.6 is 0 Å². The fourth-order valence-corrected chi connectivity index (χ4v) is 2.36. The minimum atomic E-state index is -0.415. The van der Waals surface area contributed by atoms with Gasteiger partial charge in [-0.25, -0.2) is 0 Å². The summed E-state index contributed by atoms with van der Waals surface area (Å²) in [4.78, 5) is 13.8. The maximum atomic E-state index is 11.3. The molecule has 1 saturated carbocycles. The molecule has 5 heteroatoms. The minimum absolute atomic E-state index is 0.00925. The number of hydrogen-bond acceptors (Lipinski definition) is 3. The smallest absolute Gasteiger partial charge is 0.311 e. The summed E-state index contributed by atoms with van der Waals surface area (Å²) < 4.78 is 5.25. The Hall–Kier alpha value is -1.22. The molecule has 0 aliphatic heterocycles. The van der Waals surface area contributed by atoms with E-state index in [1.54, 1.807) is 0 Å². The van der Waals surface area contributed by atoms with E-state index in [0.717, 1.165) is 25.7 Å². The van der Waals surface area contributed by atoms with Gasteiger partial charge >= 0.3 is 5.97 Å². The molecule has 1 aliphatic rings. The van der Waals surface area contributed by atoms with Crippen LogP contribution in [-0.4, -0.2) is 18.6 Å². The highest BCUT2D eigenvalue weighted by molar-refractivity contribution is 5.71. The molecule has 5 nitrogen and oxygen atoms in total. The topological polar surface area (TPSA) is 75.1 Å². The second-order valence-corrected chi connectivity index (χ2v) is 5.72. The van der Waals surface area contributed by atoms with Crippen LogP contribution in [0, 0.1) is 11.3 Å². The summed E-state index contributed by atoms with van der Waals surface area (Å²) in [6.07, 6.45) is 4.05. The molecule has 0 unspecified atom stereocenters. The molecular weight excluding hydrogens is 218 g/mol. The van der Waals surface area contributed by atoms with E-state index in [1.807, 2.05) is 0 Å². The Bertz CT molecular complexity index is 308. The summed E-state index contributed by atoms with van der Waals surface area (Å²) in [5, 5.41) is 3.20. The van der Waals surface area contributed by atoms with E-state index in [2.05, 4.69) is 30.8 Å². The Balaban J connectivity index is 2.32. The predicted octanol–water partition coefficient (Wildman–Crippen LogP) is 3.44. The summed E-state index contributed by atoms with van der Waals surface area (Å²) in [5.74, 6) is 0.289. The Morgan fingerprint density at radius 2 is 1.94 bits per heavy atom. The van der Waals surface area contributed by atoms with Crippen LogP contribution in [0.3, 0.4) is 0 Å². The average molecular weight is 239 g/mol. The number of ether oxygens (including phenoxy) is 1. The van der Waals surface area contributed by atoms with Crippen molar-refractivity contribution in [2.75, 3.05) is 6.54 Å². The third kappa shape index (κ3) is 4.65. The number of azide groups is 1. The molecule has 17 heavy (non-hydrogen) atoms. The highest BCUT2D eigenvalue weighted by Gasteiger charge is 2.30. The van der Waals surface area contributed by atoms with Gasteiger partial charge in [0.2, 0.25) is 0 Å². The standard InChI is InChI=1S/C12H21N3O2/c1-12(2,3)9-4-6-10(7-5-9)17-11(16)8-14-15-13/h9-10H,4-8H2,1-3H3. The van der Waals surface area contributed by atoms with Crippen LogP contribution in [0.1, 0.15) is 46.5 Å². The van der Waals surface area contributed by atoms with Gasteiger partial charge in [-0.2, -0.15) is 0 Å². The van der Waals surface area contributed by atoms with Crippen molar-refractivity contribution in [2.45, 2.75) is 52.6 Å². The SMILES string of the molecule is CC(C)(C)C1CCC(OC(=O)CN=[N+]=[N-])CC1. The molecule has 0 aromatic carbocycles. The zero-order valence-corrected chi connectivity index (χ0v) is 10.8. The first-order chi connectivity index (χ1) is 7.93. The Morgan fingerprint density at radius 3 is 2.41 bits per heavy atom. The van der Waals surface area contributed by atoms with E-state index in [1.165, 1.54) is 0 Å². The van der Waals surface area contributed by atoms with Crippen molar-refractivity contribution in [1.82, 2.24) is 0 Å². The quantitative estimate of drug-likeness (QED) is 0.327. The minimum Gasteiger partial charge on any atom is -0.462 e. The molecule has 1 aliphatic carbocycles. The lowest BCUT2D eigenvalue weighted by atomic mass is 9.72. The van der Waals surface area contributed by atoms with Crippen LogP contribution in [0.25, 0.3) is 10.4 Å². The molecular formula is C12H21N3O2. The average Bonchev–Trinajstić information content (AvgIpc) is 2.26. The lowest BCUT2D eigenvalue weighted by Crippen LogP contribution is -2.30. The van der Waals surface area contributed by atoms with Gasteiger partial charge in [0.1, 0.15) is 12.6 Å². The molecule has 1 fully saturated rings. The van der Waals surface area contributed by atoms with Crippen molar-refractivity contribution < 1.29 is 9.53 Å². The number of carbonyl (C=O) groups excluding carboxylic acids is 1. The second kappa shape index (κ2) is 5.92. The first-order valence-corrected chi connectivity index (χ1v) is 6.14. The molecule has 0 saturated heterocycles. The van der Waals surface area contributed by atoms with Crippen LogP contribution in [0.5, 0.6) is 0 Å². The van der Waals surface area contributed by atoms with Gasteiger partial charge in [0.05, 0.1) is 0 Å². The van der Waals surface area contributed by atoms with Crippen molar-refractivity contribution in [2.24, 2.45) is 16.4 Å². The van der Waals surface area contributed by atoms with Gasteiger partial charge in [-0.1, -0.05) is 25.9 Å². The van der Waals surface area contributed by atoms with Crippen molar-refractivity contribution in [3.63, 3.8) is 0 Å². The molecule has 0 bridgehead atoms. The third-order valence-electron chi connectivity index (χ3n) is 3.46. The van der Waals surface area contributed by atoms with Gasteiger partial charge in [0.15, 0.2) is 0 Å². The van der Waals surface area contributed by atoms with E-state index >= 15 is 0 Å². The lowest BCUT2D eigenvalue weighted by Gasteiger charge is -2.36. The van der Waals surface area contributed by atoms with Crippen LogP contribution < -0.4 is 0 Å². The maximum absolute atomic E-state index is 11.3. The zero-order chi connectivity index (χ0) is 12.9. The van der Waals surface area contributed by atoms with E-state index in [9.17, 15) is 4.79 Å². The fraction of sp³-hybridized carbons (Fsp3) is 0.917. The molecule has 0 atom stereocenters. The van der Waals surface area contributed by atoms with Gasteiger partial charge in [0.25, 0.3) is 0 Å². The molecule has 1 rings (SSSR count). The first kappa shape index (κ1) is 13.8. The molecule has 96 valence electrons. The van der Waals surface area contributed by atoms with Crippen molar-refractivity contribution in [3.05, 3.63) is 10.4 Å². The molecule has 0 spiro atoms. The van der Waals surface area contributed by atoms with Crippen LogP contribution in [-0.2, 0) is 9.53 Å². The summed E-state index contributed by atoms with van der Waals surface area (Å²) in [6.45, 7) is 6.57. The molecule has 0 amide bonds. The molecule has 0 heterocycles. The van der Waals surface area contributed by atoms with Crippen LogP contribution in [0.4, 0.5) is 0 Å². The van der Waals surface area contributed by atoms with E-state index in [4.69, 9.17) is 10.3 Å². The van der Waals surface area contributed by atoms with Crippen molar-refractivity contribution in [1.29, 1.82) is 0 Å². The predicted molar refractivity (Wildman–Crippen MR) is 65.3 cm³/mol. The highest BCUT2D eigenvalue weighted by Crippen LogP contribution is 2.38. The Labute approximate surface area is 102 Å². The monoisotopic (exact) mass is 239 g/mol. The molecule has 0 radical (unpaired) electrons. The van der Waals surface area contributed by atoms with E-state index in [-0.39, 0.29) is 12.6 Å². The van der Waals surface area contributed by atoms with Crippen molar-refractivity contribution in [3.8, 4) is 0 Å². The number of carbonyl (C=O) groups is 1. The summed E-state index contributed by atoms with van der Waals surface area (Å²) in [5.41, 5.74) is 8.43. The molecule has 0 aromatic heterocycles. The summed E-state index contributed by atoms with van der Waals surface area (Å²) >= 11 is 0. The first-order valence-electron chi connectivity index (χ1n) is 6.14. The number of rotatable bonds is 3. The Kier molecular flexibility index (Phi) is 4.82. The number of nitrogens with zero attached hydrogens (tertiary/aromatic N) is 3. The Morgan fingerprint density at radius 1 is 1.35 bits per heavy atom. The normalized spacial score (nSPS) is 24.9. The second-order valence-electron chi connectivity index (χ2n) is 5.72. The van der Waals surface area contributed by atoms with Gasteiger partial charge in [0, 0.05) is 4.91 Å². The zero-order valence-electron chi connectivity index (χ0n) is 10.8.